The molecule has 1 saturated heterocycles. The van der Waals surface area contributed by atoms with Crippen LogP contribution in [0, 0.1) is 0 Å². The lowest BCUT2D eigenvalue weighted by molar-refractivity contribution is -0.147. The summed E-state index contributed by atoms with van der Waals surface area (Å²) in [5, 5.41) is 16.1. The van der Waals surface area contributed by atoms with Gasteiger partial charge in [-0.05, 0) is 32.8 Å². The maximum Gasteiger partial charge on any atom is 0.287 e. The molecule has 0 saturated carbocycles. The Morgan fingerprint density at radius 2 is 1.83 bits per heavy atom. The highest BCUT2D eigenvalue weighted by atomic mass is 32.2. The highest BCUT2D eigenvalue weighted by Crippen LogP contribution is 2.23. The number of carbonyl (C=O) groups is 4. The van der Waals surface area contributed by atoms with E-state index in [9.17, 15) is 24.3 Å². The Hall–Kier alpha value is -2.39. The molecule has 1 fully saturated rings. The van der Waals surface area contributed by atoms with Crippen molar-refractivity contribution >= 4 is 35.3 Å². The van der Waals surface area contributed by atoms with Crippen LogP contribution in [0.4, 0.5) is 0 Å². The minimum Gasteiger partial charge on any atom is -0.381 e. The summed E-state index contributed by atoms with van der Waals surface area (Å²) in [7, 11) is 0. The molecule has 0 radical (unpaired) electrons. The Bertz CT molecular complexity index is 794. The predicted octanol–water partition coefficient (Wildman–Crippen LogP) is 0.480. The van der Waals surface area contributed by atoms with Crippen LogP contribution in [-0.4, -0.2) is 68.9 Å². The van der Waals surface area contributed by atoms with E-state index in [4.69, 9.17) is 0 Å². The van der Waals surface area contributed by atoms with E-state index in [2.05, 4.69) is 10.6 Å². The second kappa shape index (κ2) is 10.1. The van der Waals surface area contributed by atoms with Crippen LogP contribution in [-0.2, 0) is 25.6 Å². The Labute approximate surface area is 180 Å². The highest BCUT2D eigenvalue weighted by Gasteiger charge is 2.40. The van der Waals surface area contributed by atoms with Crippen LogP contribution < -0.4 is 10.6 Å². The number of nitrogens with one attached hydrogen (secondary N) is 2. The molecular formula is C21H29N3O5S. The fraction of sp³-hybridized carbons (Fsp3) is 0.524. The van der Waals surface area contributed by atoms with Crippen molar-refractivity contribution in [3.63, 3.8) is 0 Å². The number of hydrogen-bond donors (Lipinski definition) is 3. The van der Waals surface area contributed by atoms with Gasteiger partial charge in [-0.3, -0.25) is 19.2 Å². The molecule has 0 bridgehead atoms. The number of benzene rings is 1. The van der Waals surface area contributed by atoms with Crippen molar-refractivity contribution in [2.75, 3.05) is 11.6 Å². The molecule has 2 rings (SSSR count). The smallest absolute Gasteiger partial charge is 0.287 e. The summed E-state index contributed by atoms with van der Waals surface area (Å²) in [6.07, 6.45) is -1.44. The Balaban J connectivity index is 2.19. The average molecular weight is 436 g/mol. The summed E-state index contributed by atoms with van der Waals surface area (Å²) in [6.45, 7) is 6.66. The molecule has 0 aromatic heterocycles. The first kappa shape index (κ1) is 23.9. The van der Waals surface area contributed by atoms with Crippen molar-refractivity contribution in [2.45, 2.75) is 57.8 Å². The normalized spacial score (nSPS) is 18.4. The number of carbonyl (C=O) groups excluding carboxylic acids is 4. The largest absolute Gasteiger partial charge is 0.381 e. The maximum absolute atomic E-state index is 13.1. The number of aliphatic hydroxyl groups excluding tert-OH is 1. The lowest BCUT2D eigenvalue weighted by Gasteiger charge is -2.31. The summed E-state index contributed by atoms with van der Waals surface area (Å²) >= 11 is 1.42. The van der Waals surface area contributed by atoms with E-state index in [1.807, 2.05) is 26.8 Å². The van der Waals surface area contributed by atoms with Crippen LogP contribution in [0.5, 0.6) is 0 Å². The van der Waals surface area contributed by atoms with Crippen LogP contribution in [0.15, 0.2) is 30.3 Å². The number of ketones is 1. The van der Waals surface area contributed by atoms with E-state index in [1.165, 1.54) is 16.7 Å². The third-order valence-electron chi connectivity index (χ3n) is 4.54. The molecule has 1 aromatic rings. The van der Waals surface area contributed by atoms with Crippen molar-refractivity contribution in [1.29, 1.82) is 0 Å². The van der Waals surface area contributed by atoms with E-state index in [-0.39, 0.29) is 18.2 Å². The van der Waals surface area contributed by atoms with Crippen LogP contribution >= 0.6 is 11.8 Å². The van der Waals surface area contributed by atoms with E-state index >= 15 is 0 Å². The molecule has 1 aromatic carbocycles. The minimum atomic E-state index is -1.60. The zero-order chi connectivity index (χ0) is 22.5. The molecule has 0 aliphatic carbocycles. The van der Waals surface area contributed by atoms with E-state index < -0.39 is 41.3 Å². The van der Waals surface area contributed by atoms with Gasteiger partial charge in [0.1, 0.15) is 6.04 Å². The van der Waals surface area contributed by atoms with Crippen molar-refractivity contribution in [1.82, 2.24) is 15.5 Å². The second-order valence-corrected chi connectivity index (χ2v) is 9.33. The molecule has 9 heteroatoms. The highest BCUT2D eigenvalue weighted by molar-refractivity contribution is 7.99. The predicted molar refractivity (Wildman–Crippen MR) is 115 cm³/mol. The van der Waals surface area contributed by atoms with E-state index in [0.717, 1.165) is 12.5 Å². The summed E-state index contributed by atoms with van der Waals surface area (Å²) < 4.78 is 0. The summed E-state index contributed by atoms with van der Waals surface area (Å²) in [5.74, 6) is -1.85. The number of thioether (sulfide) groups is 1. The fourth-order valence-electron chi connectivity index (χ4n) is 3.05. The lowest BCUT2D eigenvalue weighted by Crippen LogP contribution is -2.58. The van der Waals surface area contributed by atoms with Crippen LogP contribution in [0.25, 0.3) is 0 Å². The fourth-order valence-corrected chi connectivity index (χ4v) is 4.22. The first-order chi connectivity index (χ1) is 14.0. The van der Waals surface area contributed by atoms with Gasteiger partial charge in [0.2, 0.25) is 11.7 Å². The van der Waals surface area contributed by atoms with Gasteiger partial charge in [0.05, 0.1) is 11.9 Å². The van der Waals surface area contributed by atoms with E-state index in [1.54, 1.807) is 24.3 Å². The monoisotopic (exact) mass is 435 g/mol. The summed E-state index contributed by atoms with van der Waals surface area (Å²) in [4.78, 5) is 50.4. The number of rotatable bonds is 7. The quantitative estimate of drug-likeness (QED) is 0.537. The number of hydrogen-bond acceptors (Lipinski definition) is 6. The number of aliphatic hydroxyl groups is 1. The Kier molecular flexibility index (Phi) is 8.03. The van der Waals surface area contributed by atoms with Crippen LogP contribution in [0.1, 0.15) is 33.3 Å². The molecule has 3 atom stereocenters. The topological polar surface area (TPSA) is 116 Å². The van der Waals surface area contributed by atoms with Gasteiger partial charge in [-0.1, -0.05) is 30.3 Å². The second-order valence-electron chi connectivity index (χ2n) is 8.33. The minimum absolute atomic E-state index is 0.159. The number of nitrogens with zero attached hydrogens (tertiary/aromatic N) is 1. The van der Waals surface area contributed by atoms with Gasteiger partial charge in [0.15, 0.2) is 6.10 Å². The SMILES string of the molecule is CC(=O)C(=O)N[C@@H](Cc1ccccc1)[C@H](O)C(=O)N1CSC[C@H]1C(=O)NC(C)(C)C. The van der Waals surface area contributed by atoms with Gasteiger partial charge in [-0.2, -0.15) is 0 Å². The molecule has 1 heterocycles. The van der Waals surface area contributed by atoms with Crippen LogP contribution in [0.3, 0.4) is 0 Å². The maximum atomic E-state index is 13.1. The molecule has 3 amide bonds. The standard InChI is InChI=1S/C21H29N3O5S/c1-13(25)18(27)22-15(10-14-8-6-5-7-9-14)17(26)20(29)24-12-30-11-16(24)19(28)23-21(2,3)4/h5-9,15-17,26H,10-12H2,1-4H3,(H,22,27)(H,23,28)/t15-,16-,17-/m0/s1. The lowest BCUT2D eigenvalue weighted by atomic mass is 9.99. The zero-order valence-corrected chi connectivity index (χ0v) is 18.5. The summed E-state index contributed by atoms with van der Waals surface area (Å²) in [5.41, 5.74) is 0.333. The molecule has 164 valence electrons. The van der Waals surface area contributed by atoms with Gasteiger partial charge in [-0.25, -0.2) is 0 Å². The number of amides is 3. The molecular weight excluding hydrogens is 406 g/mol. The van der Waals surface area contributed by atoms with Gasteiger partial charge >= 0.3 is 0 Å². The number of Topliss-reactive ketones (excluding diaryl/α,β-unsaturated/α-hetero) is 1. The Morgan fingerprint density at radius 3 is 2.40 bits per heavy atom. The average Bonchev–Trinajstić information content (AvgIpc) is 3.15. The first-order valence-corrected chi connectivity index (χ1v) is 10.9. The summed E-state index contributed by atoms with van der Waals surface area (Å²) in [6, 6.07) is 7.32. The van der Waals surface area contributed by atoms with Crippen molar-refractivity contribution in [2.24, 2.45) is 0 Å². The molecule has 1 aliphatic rings. The molecule has 0 unspecified atom stereocenters. The van der Waals surface area contributed by atoms with Gasteiger partial charge in [-0.15, -0.1) is 11.8 Å². The molecule has 8 nitrogen and oxygen atoms in total. The zero-order valence-electron chi connectivity index (χ0n) is 17.7. The van der Waals surface area contributed by atoms with Gasteiger partial charge in [0, 0.05) is 18.2 Å². The molecule has 0 spiro atoms. The van der Waals surface area contributed by atoms with Gasteiger partial charge in [0.25, 0.3) is 11.8 Å². The molecule has 1 aliphatic heterocycles. The third-order valence-corrected chi connectivity index (χ3v) is 5.55. The van der Waals surface area contributed by atoms with E-state index in [0.29, 0.717) is 5.75 Å². The van der Waals surface area contributed by atoms with Crippen molar-refractivity contribution in [3.8, 4) is 0 Å². The first-order valence-electron chi connectivity index (χ1n) is 9.73. The molecule has 3 N–H and O–H groups in total. The third kappa shape index (κ3) is 6.56. The van der Waals surface area contributed by atoms with Gasteiger partial charge < -0.3 is 20.6 Å². The van der Waals surface area contributed by atoms with Crippen molar-refractivity contribution in [3.05, 3.63) is 35.9 Å². The van der Waals surface area contributed by atoms with Crippen molar-refractivity contribution < 1.29 is 24.3 Å². The van der Waals surface area contributed by atoms with Crippen LogP contribution in [0.2, 0.25) is 0 Å². The molecule has 30 heavy (non-hydrogen) atoms. The Morgan fingerprint density at radius 1 is 1.20 bits per heavy atom.